The molecule has 0 saturated heterocycles. The molecule has 0 aliphatic rings. The number of aliphatic hydroxyl groups is 1. The van der Waals surface area contributed by atoms with Crippen LogP contribution in [0.5, 0.6) is 0 Å². The standard InChI is InChI=1S/C29H22NS2.C15H28O2.Ir/c1-29(2,3)24-16-21(15-19-7-4-5-9-22(19)24)26-28-20(11-13-30-26)17-25(32-28)23-10-6-8-18-12-14-31-27(18)23;1-7-14(5,8-2)12(16)11-13(17)15(6,9-3)10-4;/h4-14,16-17H,1-3H3;11,16H,7-10H2,1-6H3;/q-1;;/b;12-11-;. The molecule has 1 N–H and O–H groups in total. The molecule has 0 fully saturated rings. The molecule has 3 aromatic carbocycles. The van der Waals surface area contributed by atoms with Crippen LogP contribution in [0.25, 0.3) is 52.6 Å². The summed E-state index contributed by atoms with van der Waals surface area (Å²) in [4.78, 5) is 18.3. The molecule has 50 heavy (non-hydrogen) atoms. The maximum Gasteiger partial charge on any atom is 0.164 e. The first-order valence-corrected chi connectivity index (χ1v) is 19.2. The number of thiophene rings is 2. The van der Waals surface area contributed by atoms with Gasteiger partial charge in [-0.25, -0.2) is 0 Å². The first-order valence-electron chi connectivity index (χ1n) is 17.5. The van der Waals surface area contributed by atoms with Crippen LogP contribution in [-0.4, -0.2) is 15.9 Å². The normalized spacial score (nSPS) is 12.5. The molecule has 3 nitrogen and oxygen atoms in total. The molecule has 0 aliphatic heterocycles. The minimum Gasteiger partial charge on any atom is -0.512 e. The maximum atomic E-state index is 12.2. The van der Waals surface area contributed by atoms with Gasteiger partial charge >= 0.3 is 0 Å². The third-order valence-electron chi connectivity index (χ3n) is 10.6. The molecule has 6 heteroatoms. The third kappa shape index (κ3) is 8.00. The molecule has 6 rings (SSSR count). The number of carbonyl (C=O) groups is 1. The van der Waals surface area contributed by atoms with Crippen LogP contribution in [0.15, 0.2) is 90.1 Å². The van der Waals surface area contributed by atoms with Crippen LogP contribution in [-0.2, 0) is 30.3 Å². The van der Waals surface area contributed by atoms with Gasteiger partial charge in [0.05, 0.1) is 0 Å². The van der Waals surface area contributed by atoms with Gasteiger partial charge in [-0.1, -0.05) is 110 Å². The fraction of sp³-hybridized carbons (Fsp3) is 0.364. The van der Waals surface area contributed by atoms with Crippen molar-refractivity contribution in [3.8, 4) is 21.7 Å². The van der Waals surface area contributed by atoms with Gasteiger partial charge in [-0.15, -0.1) is 51.8 Å². The number of aliphatic hydroxyl groups excluding tert-OH is 1. The molecule has 6 aromatic rings. The average Bonchev–Trinajstić information content (AvgIpc) is 3.78. The van der Waals surface area contributed by atoms with Crippen molar-refractivity contribution in [2.75, 3.05) is 0 Å². The number of carbonyl (C=O) groups excluding carboxylic acids is 1. The fourth-order valence-electron chi connectivity index (χ4n) is 6.14. The van der Waals surface area contributed by atoms with Gasteiger partial charge in [0.15, 0.2) is 5.78 Å². The molecule has 0 amide bonds. The molecule has 0 spiro atoms. The van der Waals surface area contributed by atoms with Crippen molar-refractivity contribution in [1.82, 2.24) is 4.98 Å². The molecule has 0 bridgehead atoms. The van der Waals surface area contributed by atoms with E-state index in [1.165, 1.54) is 47.6 Å². The second-order valence-electron chi connectivity index (χ2n) is 14.7. The Morgan fingerprint density at radius 2 is 1.50 bits per heavy atom. The number of hydrogen-bond acceptors (Lipinski definition) is 5. The number of fused-ring (bicyclic) bond motifs is 3. The molecule has 3 heterocycles. The van der Waals surface area contributed by atoms with E-state index in [1.807, 2.05) is 70.4 Å². The Bertz CT molecular complexity index is 2120. The molecular weight excluding hydrogens is 831 g/mol. The van der Waals surface area contributed by atoms with E-state index in [0.29, 0.717) is 0 Å². The van der Waals surface area contributed by atoms with E-state index >= 15 is 0 Å². The number of rotatable bonds is 9. The zero-order valence-electron chi connectivity index (χ0n) is 30.9. The molecule has 1 radical (unpaired) electrons. The average molecular weight is 881 g/mol. The minimum atomic E-state index is -0.337. The quantitative estimate of drug-likeness (QED) is 0.0894. The van der Waals surface area contributed by atoms with Gasteiger partial charge in [0.25, 0.3) is 0 Å². The summed E-state index contributed by atoms with van der Waals surface area (Å²) >= 11 is 3.64. The number of pyridine rings is 1. The Labute approximate surface area is 320 Å². The first-order chi connectivity index (χ1) is 23.3. The second-order valence-corrected chi connectivity index (χ2v) is 16.6. The van der Waals surface area contributed by atoms with Crippen molar-refractivity contribution in [3.63, 3.8) is 0 Å². The van der Waals surface area contributed by atoms with Gasteiger partial charge in [-0.3, -0.25) is 9.78 Å². The SMILES string of the molecule is CC(C)(C)c1cc(-c2nccc3cc(-c4cccc5ccsc45)sc23)[c-]c2ccccc12.CCC(C)(CC)C(=O)/C=C(\O)C(C)(CC)CC.[Ir]. The van der Waals surface area contributed by atoms with E-state index in [4.69, 9.17) is 4.98 Å². The number of allylic oxidation sites excluding steroid dienone is 2. The number of benzene rings is 3. The number of ketones is 1. The van der Waals surface area contributed by atoms with Crippen molar-refractivity contribution in [1.29, 1.82) is 0 Å². The van der Waals surface area contributed by atoms with Gasteiger partial charge in [-0.05, 0) is 65.4 Å². The Balaban J connectivity index is 0.000000269. The zero-order valence-corrected chi connectivity index (χ0v) is 34.9. The van der Waals surface area contributed by atoms with Crippen molar-refractivity contribution in [2.24, 2.45) is 10.8 Å². The van der Waals surface area contributed by atoms with Gasteiger partial charge in [-0.2, -0.15) is 0 Å². The Hall–Kier alpha value is -3.15. The summed E-state index contributed by atoms with van der Waals surface area (Å²) in [6.07, 6.45) is 6.68. The molecule has 265 valence electrons. The topological polar surface area (TPSA) is 50.2 Å². The van der Waals surface area contributed by atoms with Crippen LogP contribution in [0.3, 0.4) is 0 Å². The molecule has 3 aromatic heterocycles. The molecule has 0 saturated carbocycles. The van der Waals surface area contributed by atoms with Crippen molar-refractivity contribution in [3.05, 3.63) is 102 Å². The number of hydrogen-bond donors (Lipinski definition) is 1. The molecular formula is C44H50IrNO2S2-. The summed E-state index contributed by atoms with van der Waals surface area (Å²) < 4.78 is 2.57. The van der Waals surface area contributed by atoms with E-state index in [9.17, 15) is 9.90 Å². The van der Waals surface area contributed by atoms with Crippen molar-refractivity contribution in [2.45, 2.75) is 93.4 Å². The summed E-state index contributed by atoms with van der Waals surface area (Å²) in [5, 5.41) is 17.3. The smallest absolute Gasteiger partial charge is 0.164 e. The van der Waals surface area contributed by atoms with Crippen molar-refractivity contribution < 1.29 is 30.0 Å². The molecule has 0 atom stereocenters. The van der Waals surface area contributed by atoms with E-state index in [2.05, 4.69) is 98.9 Å². The van der Waals surface area contributed by atoms with Gasteiger partial charge in [0.2, 0.25) is 0 Å². The molecule has 0 aliphatic carbocycles. The summed E-state index contributed by atoms with van der Waals surface area (Å²) in [6.45, 7) is 18.9. The van der Waals surface area contributed by atoms with Crippen LogP contribution in [0.4, 0.5) is 0 Å². The van der Waals surface area contributed by atoms with E-state index in [0.717, 1.165) is 42.3 Å². The van der Waals surface area contributed by atoms with Gasteiger partial charge < -0.3 is 5.11 Å². The van der Waals surface area contributed by atoms with E-state index < -0.39 is 0 Å². The second kappa shape index (κ2) is 16.0. The Kier molecular flexibility index (Phi) is 12.7. The Morgan fingerprint density at radius 3 is 2.16 bits per heavy atom. The third-order valence-corrected chi connectivity index (χ3v) is 12.8. The Morgan fingerprint density at radius 1 is 0.820 bits per heavy atom. The van der Waals surface area contributed by atoms with E-state index in [1.54, 1.807) is 0 Å². The van der Waals surface area contributed by atoms with Crippen LogP contribution in [0.2, 0.25) is 0 Å². The summed E-state index contributed by atoms with van der Waals surface area (Å²) in [5.74, 6) is 0.286. The largest absolute Gasteiger partial charge is 0.512 e. The first kappa shape index (κ1) is 39.6. The summed E-state index contributed by atoms with van der Waals surface area (Å²) in [7, 11) is 0. The van der Waals surface area contributed by atoms with E-state index in [-0.39, 0.29) is 47.9 Å². The maximum absolute atomic E-state index is 12.2. The van der Waals surface area contributed by atoms with Crippen LogP contribution < -0.4 is 0 Å². The predicted molar refractivity (Wildman–Crippen MR) is 214 cm³/mol. The number of aromatic nitrogens is 1. The summed E-state index contributed by atoms with van der Waals surface area (Å²) in [6, 6.07) is 27.7. The van der Waals surface area contributed by atoms with Gasteiger partial charge in [0, 0.05) is 68.7 Å². The predicted octanol–water partition coefficient (Wildman–Crippen LogP) is 13.7. The minimum absolute atomic E-state index is 0. The monoisotopic (exact) mass is 881 g/mol. The van der Waals surface area contributed by atoms with Crippen LogP contribution in [0.1, 0.15) is 93.6 Å². The van der Waals surface area contributed by atoms with Crippen LogP contribution >= 0.6 is 22.7 Å². The van der Waals surface area contributed by atoms with Crippen molar-refractivity contribution >= 4 is 59.4 Å². The number of nitrogens with zero attached hydrogens (tertiary/aromatic N) is 1. The van der Waals surface area contributed by atoms with Gasteiger partial charge in [0.1, 0.15) is 5.76 Å². The zero-order chi connectivity index (χ0) is 35.6. The summed E-state index contributed by atoms with van der Waals surface area (Å²) in [5.41, 5.74) is 4.17. The fourth-order valence-corrected chi connectivity index (χ4v) is 8.32. The van der Waals surface area contributed by atoms with Crippen LogP contribution in [0, 0.1) is 16.9 Å². The molecule has 0 unspecified atom stereocenters.